The molecule has 1 aliphatic heterocycles. The lowest BCUT2D eigenvalue weighted by Crippen LogP contribution is -2.51. The van der Waals surface area contributed by atoms with E-state index in [2.05, 4.69) is 0 Å². The van der Waals surface area contributed by atoms with E-state index in [0.29, 0.717) is 19.1 Å². The van der Waals surface area contributed by atoms with Gasteiger partial charge in [0, 0.05) is 19.7 Å². The molecule has 1 saturated heterocycles. The number of hydrogen-bond acceptors (Lipinski definition) is 5. The van der Waals surface area contributed by atoms with Crippen LogP contribution in [0.25, 0.3) is 0 Å². The van der Waals surface area contributed by atoms with Gasteiger partial charge >= 0.3 is 12.1 Å². The third kappa shape index (κ3) is 7.32. The van der Waals surface area contributed by atoms with Crippen LogP contribution in [0.4, 0.5) is 4.79 Å². The molecule has 1 rings (SSSR count). The van der Waals surface area contributed by atoms with E-state index in [1.165, 1.54) is 0 Å². The van der Waals surface area contributed by atoms with Crippen molar-refractivity contribution in [3.63, 3.8) is 0 Å². The molecule has 21 heavy (non-hydrogen) atoms. The second-order valence-corrected chi connectivity index (χ2v) is 6.25. The fourth-order valence-electron chi connectivity index (χ4n) is 2.06. The molecule has 0 spiro atoms. The third-order valence-corrected chi connectivity index (χ3v) is 3.04. The van der Waals surface area contributed by atoms with Gasteiger partial charge in [-0.2, -0.15) is 0 Å². The Morgan fingerprint density at radius 1 is 1.24 bits per heavy atom. The zero-order chi connectivity index (χ0) is 15.9. The molecule has 0 bridgehead atoms. The molecule has 1 amide bonds. The minimum atomic E-state index is -0.441. The van der Waals surface area contributed by atoms with E-state index in [1.807, 2.05) is 20.8 Å². The summed E-state index contributed by atoms with van der Waals surface area (Å²) in [6, 6.07) is 0. The summed E-state index contributed by atoms with van der Waals surface area (Å²) in [5.74, 6) is 0.181. The molecule has 0 unspecified atom stereocenters. The normalized spacial score (nSPS) is 15.5. The Morgan fingerprint density at radius 2 is 1.90 bits per heavy atom. The van der Waals surface area contributed by atoms with Gasteiger partial charge in [-0.05, 0) is 46.5 Å². The van der Waals surface area contributed by atoms with Crippen molar-refractivity contribution in [3.05, 3.63) is 0 Å². The van der Waals surface area contributed by atoms with Crippen LogP contribution in [-0.4, -0.2) is 55.5 Å². The predicted octanol–water partition coefficient (Wildman–Crippen LogP) is 2.21. The van der Waals surface area contributed by atoms with Gasteiger partial charge < -0.3 is 19.1 Å². The van der Waals surface area contributed by atoms with Gasteiger partial charge in [0.25, 0.3) is 0 Å². The molecule has 0 aromatic heterocycles. The monoisotopic (exact) mass is 301 g/mol. The number of esters is 1. The largest absolute Gasteiger partial charge is 0.464 e. The molecule has 0 saturated carbocycles. The lowest BCUT2D eigenvalue weighted by molar-refractivity contribution is -0.148. The van der Waals surface area contributed by atoms with Gasteiger partial charge in [0.2, 0.25) is 0 Å². The second-order valence-electron chi connectivity index (χ2n) is 6.25. The molecule has 0 aromatic rings. The molecule has 6 heteroatoms. The molecule has 0 radical (unpaired) electrons. The van der Waals surface area contributed by atoms with Crippen molar-refractivity contribution in [3.8, 4) is 0 Å². The fraction of sp³-hybridized carbons (Fsp3) is 0.867. The molecule has 0 N–H and O–H groups in total. The van der Waals surface area contributed by atoms with Gasteiger partial charge in [-0.15, -0.1) is 0 Å². The quantitative estimate of drug-likeness (QED) is 0.533. The second kappa shape index (κ2) is 8.22. The van der Waals surface area contributed by atoms with Crippen LogP contribution in [-0.2, 0) is 19.0 Å². The number of nitrogens with zero attached hydrogens (tertiary/aromatic N) is 1. The maximum Gasteiger partial charge on any atom is 0.410 e. The highest BCUT2D eigenvalue weighted by Crippen LogP contribution is 2.23. The fourth-order valence-corrected chi connectivity index (χ4v) is 2.06. The number of carbonyl (C=O) groups is 2. The molecule has 0 aromatic carbocycles. The number of carbonyl (C=O) groups excluding carboxylic acids is 2. The maximum absolute atomic E-state index is 11.7. The van der Waals surface area contributed by atoms with E-state index in [0.717, 1.165) is 25.9 Å². The van der Waals surface area contributed by atoms with Gasteiger partial charge in [-0.3, -0.25) is 0 Å². The summed E-state index contributed by atoms with van der Waals surface area (Å²) in [5, 5.41) is 0. The van der Waals surface area contributed by atoms with Crippen LogP contribution < -0.4 is 0 Å². The SMILES string of the molecule is CCOC(=O)COCCCC1CN(C(=O)OC(C)(C)C)C1. The standard InChI is InChI=1S/C15H27NO5/c1-5-20-13(17)11-19-8-6-7-12-9-16(10-12)14(18)21-15(2,3)4/h12H,5-11H2,1-4H3. The Morgan fingerprint density at radius 3 is 2.48 bits per heavy atom. The molecule has 1 aliphatic rings. The van der Waals surface area contributed by atoms with Crippen LogP contribution in [0.3, 0.4) is 0 Å². The molecule has 0 atom stereocenters. The van der Waals surface area contributed by atoms with Crippen molar-refractivity contribution in [2.45, 2.75) is 46.1 Å². The summed E-state index contributed by atoms with van der Waals surface area (Å²) in [6.45, 7) is 9.79. The van der Waals surface area contributed by atoms with E-state index in [1.54, 1.807) is 11.8 Å². The van der Waals surface area contributed by atoms with Gasteiger partial charge in [-0.25, -0.2) is 9.59 Å². The number of likely N-dealkylation sites (tertiary alicyclic amines) is 1. The first-order chi connectivity index (χ1) is 9.81. The van der Waals surface area contributed by atoms with Crippen LogP contribution in [0.2, 0.25) is 0 Å². The van der Waals surface area contributed by atoms with Crippen molar-refractivity contribution in [1.82, 2.24) is 4.90 Å². The van der Waals surface area contributed by atoms with Crippen molar-refractivity contribution >= 4 is 12.1 Å². The Hall–Kier alpha value is -1.30. The van der Waals surface area contributed by atoms with Crippen LogP contribution in [0, 0.1) is 5.92 Å². The van der Waals surface area contributed by atoms with Crippen molar-refractivity contribution in [1.29, 1.82) is 0 Å². The Labute approximate surface area is 126 Å². The highest BCUT2D eigenvalue weighted by atomic mass is 16.6. The third-order valence-electron chi connectivity index (χ3n) is 3.04. The topological polar surface area (TPSA) is 65.1 Å². The minimum Gasteiger partial charge on any atom is -0.464 e. The van der Waals surface area contributed by atoms with Gasteiger partial charge in [0.15, 0.2) is 0 Å². The zero-order valence-corrected chi connectivity index (χ0v) is 13.5. The Kier molecular flexibility index (Phi) is 6.95. The molecule has 0 aliphatic carbocycles. The molecule has 6 nitrogen and oxygen atoms in total. The molecule has 122 valence electrons. The molecule has 1 fully saturated rings. The first kappa shape index (κ1) is 17.8. The summed E-state index contributed by atoms with van der Waals surface area (Å²) in [5.41, 5.74) is -0.441. The van der Waals surface area contributed by atoms with Crippen molar-refractivity contribution < 1.29 is 23.8 Å². The first-order valence-electron chi connectivity index (χ1n) is 7.53. The molecular formula is C15H27NO5. The summed E-state index contributed by atoms with van der Waals surface area (Å²) in [4.78, 5) is 24.5. The van der Waals surface area contributed by atoms with Crippen LogP contribution in [0.15, 0.2) is 0 Å². The van der Waals surface area contributed by atoms with E-state index < -0.39 is 5.60 Å². The van der Waals surface area contributed by atoms with Crippen molar-refractivity contribution in [2.24, 2.45) is 5.92 Å². The zero-order valence-electron chi connectivity index (χ0n) is 13.5. The van der Waals surface area contributed by atoms with Crippen molar-refractivity contribution in [2.75, 3.05) is 32.9 Å². The number of rotatable bonds is 7. The number of hydrogen-bond donors (Lipinski definition) is 0. The van der Waals surface area contributed by atoms with Crippen LogP contribution in [0.1, 0.15) is 40.5 Å². The van der Waals surface area contributed by atoms with E-state index in [4.69, 9.17) is 14.2 Å². The minimum absolute atomic E-state index is 0.0164. The average molecular weight is 301 g/mol. The summed E-state index contributed by atoms with van der Waals surface area (Å²) >= 11 is 0. The van der Waals surface area contributed by atoms with Gasteiger partial charge in [0.05, 0.1) is 6.61 Å². The van der Waals surface area contributed by atoms with Crippen LogP contribution in [0.5, 0.6) is 0 Å². The maximum atomic E-state index is 11.7. The first-order valence-corrected chi connectivity index (χ1v) is 7.53. The Bertz CT molecular complexity index is 344. The lowest BCUT2D eigenvalue weighted by Gasteiger charge is -2.39. The van der Waals surface area contributed by atoms with Crippen LogP contribution >= 0.6 is 0 Å². The molecule has 1 heterocycles. The highest BCUT2D eigenvalue weighted by Gasteiger charge is 2.33. The number of amides is 1. The Balaban J connectivity index is 2.00. The average Bonchev–Trinajstić information content (AvgIpc) is 2.28. The number of ether oxygens (including phenoxy) is 3. The summed E-state index contributed by atoms with van der Waals surface area (Å²) < 4.78 is 15.3. The van der Waals surface area contributed by atoms with Gasteiger partial charge in [-0.1, -0.05) is 0 Å². The highest BCUT2D eigenvalue weighted by molar-refractivity contribution is 5.70. The molecular weight excluding hydrogens is 274 g/mol. The smallest absolute Gasteiger partial charge is 0.410 e. The van der Waals surface area contributed by atoms with E-state index in [-0.39, 0.29) is 18.7 Å². The lowest BCUT2D eigenvalue weighted by atomic mass is 9.95. The summed E-state index contributed by atoms with van der Waals surface area (Å²) in [7, 11) is 0. The summed E-state index contributed by atoms with van der Waals surface area (Å²) in [6.07, 6.45) is 1.63. The van der Waals surface area contributed by atoms with Gasteiger partial charge in [0.1, 0.15) is 12.2 Å². The van der Waals surface area contributed by atoms with E-state index in [9.17, 15) is 9.59 Å². The van der Waals surface area contributed by atoms with E-state index >= 15 is 0 Å². The predicted molar refractivity (Wildman–Crippen MR) is 78.0 cm³/mol.